The van der Waals surface area contributed by atoms with Gasteiger partial charge in [0, 0.05) is 0 Å². The molecule has 5 heteroatoms. The number of halogens is 3. The average molecular weight is 190 g/mol. The molecule has 0 nitrogen and oxygen atoms in total. The van der Waals surface area contributed by atoms with Crippen LogP contribution < -0.4 is 51.4 Å². The first-order valence-corrected chi connectivity index (χ1v) is 3.00. The van der Waals surface area contributed by atoms with Gasteiger partial charge in [0.25, 0.3) is 0 Å². The van der Waals surface area contributed by atoms with Gasteiger partial charge in [-0.05, 0) is 4.88 Å². The Morgan fingerprint density at radius 3 is 2.20 bits per heavy atom. The van der Waals surface area contributed by atoms with Gasteiger partial charge in [-0.15, -0.1) is 5.38 Å². The van der Waals surface area contributed by atoms with Crippen molar-refractivity contribution < 1.29 is 64.6 Å². The fourth-order valence-electron chi connectivity index (χ4n) is 0.390. The molecule has 10 heavy (non-hydrogen) atoms. The van der Waals surface area contributed by atoms with E-state index in [0.717, 1.165) is 6.07 Å². The van der Waals surface area contributed by atoms with E-state index in [1.165, 1.54) is 5.38 Å². The topological polar surface area (TPSA) is 0 Å². The Morgan fingerprint density at radius 1 is 1.40 bits per heavy atom. The molecular formula is C5H2F3KS. The molecule has 50 valence electrons. The quantitative estimate of drug-likeness (QED) is 0.385. The number of thiophene rings is 1. The van der Waals surface area contributed by atoms with Gasteiger partial charge in [0.1, 0.15) is 0 Å². The molecule has 0 radical (unpaired) electrons. The molecule has 0 aliphatic rings. The first-order chi connectivity index (χ1) is 4.11. The molecule has 0 unspecified atom stereocenters. The van der Waals surface area contributed by atoms with Crippen molar-refractivity contribution in [2.75, 3.05) is 0 Å². The second-order valence-corrected chi connectivity index (χ2v) is 2.32. The van der Waals surface area contributed by atoms with Crippen LogP contribution in [0.15, 0.2) is 11.4 Å². The summed E-state index contributed by atoms with van der Waals surface area (Å²) < 4.78 is 34.8. The second kappa shape index (κ2) is 4.23. The van der Waals surface area contributed by atoms with Crippen molar-refractivity contribution in [1.82, 2.24) is 0 Å². The first kappa shape index (κ1) is 11.1. The third-order valence-electron chi connectivity index (χ3n) is 0.748. The van der Waals surface area contributed by atoms with Crippen molar-refractivity contribution in [3.8, 4) is 0 Å². The SMILES string of the molecule is FC(F)(F)c1c[c-]cs1.[K+]. The maximum Gasteiger partial charge on any atom is 1.00 e. The first-order valence-electron chi connectivity index (χ1n) is 2.12. The minimum absolute atomic E-state index is 0. The van der Waals surface area contributed by atoms with Gasteiger partial charge in [-0.2, -0.15) is 13.2 Å². The number of alkyl halides is 3. The second-order valence-electron chi connectivity index (χ2n) is 1.41. The van der Waals surface area contributed by atoms with E-state index in [2.05, 4.69) is 6.07 Å². The Morgan fingerprint density at radius 2 is 2.00 bits per heavy atom. The van der Waals surface area contributed by atoms with Gasteiger partial charge in [-0.25, -0.2) is 12.1 Å². The summed E-state index contributed by atoms with van der Waals surface area (Å²) in [5, 5.41) is 1.28. The smallest absolute Gasteiger partial charge is 0.261 e. The van der Waals surface area contributed by atoms with Gasteiger partial charge < -0.3 is 0 Å². The van der Waals surface area contributed by atoms with Gasteiger partial charge in [-0.1, -0.05) is 0 Å². The molecule has 1 aromatic rings. The number of rotatable bonds is 0. The van der Waals surface area contributed by atoms with Crippen molar-refractivity contribution in [1.29, 1.82) is 0 Å². The average Bonchev–Trinajstić information content (AvgIpc) is 2.08. The van der Waals surface area contributed by atoms with E-state index >= 15 is 0 Å². The maximum atomic E-state index is 11.6. The van der Waals surface area contributed by atoms with E-state index in [-0.39, 0.29) is 51.4 Å². The molecule has 0 amide bonds. The van der Waals surface area contributed by atoms with E-state index in [1.54, 1.807) is 0 Å². The summed E-state index contributed by atoms with van der Waals surface area (Å²) in [6.45, 7) is 0. The summed E-state index contributed by atoms with van der Waals surface area (Å²) in [7, 11) is 0. The van der Waals surface area contributed by atoms with Crippen molar-refractivity contribution >= 4 is 11.3 Å². The molecule has 1 aromatic heterocycles. The van der Waals surface area contributed by atoms with Gasteiger partial charge >= 0.3 is 57.6 Å². The largest absolute Gasteiger partial charge is 1.00 e. The molecule has 1 rings (SSSR count). The zero-order chi connectivity index (χ0) is 6.91. The summed E-state index contributed by atoms with van der Waals surface area (Å²) in [5.74, 6) is 0. The Kier molecular flexibility index (Phi) is 4.70. The van der Waals surface area contributed by atoms with Crippen LogP contribution in [0.4, 0.5) is 13.2 Å². The van der Waals surface area contributed by atoms with E-state index in [4.69, 9.17) is 0 Å². The van der Waals surface area contributed by atoms with Crippen LogP contribution in [0.5, 0.6) is 0 Å². The predicted octanol–water partition coefficient (Wildman–Crippen LogP) is -0.429. The van der Waals surface area contributed by atoms with Crippen LogP contribution in [0.3, 0.4) is 0 Å². The molecule has 0 spiro atoms. The number of hydrogen-bond donors (Lipinski definition) is 0. The zero-order valence-electron chi connectivity index (χ0n) is 5.20. The van der Waals surface area contributed by atoms with Crippen LogP contribution in [0, 0.1) is 6.07 Å². The van der Waals surface area contributed by atoms with Crippen LogP contribution in [-0.2, 0) is 6.18 Å². The minimum atomic E-state index is -4.19. The molecule has 0 N–H and O–H groups in total. The fraction of sp³-hybridized carbons (Fsp3) is 0.200. The van der Waals surface area contributed by atoms with Gasteiger partial charge in [-0.3, -0.25) is 11.3 Å². The molecule has 0 bridgehead atoms. The van der Waals surface area contributed by atoms with Crippen LogP contribution in [0.1, 0.15) is 4.88 Å². The Balaban J connectivity index is 0.000000810. The summed E-state index contributed by atoms with van der Waals surface area (Å²) in [4.78, 5) is -0.595. The molecule has 1 heterocycles. The van der Waals surface area contributed by atoms with Crippen LogP contribution >= 0.6 is 11.3 Å². The molecular weight excluding hydrogens is 188 g/mol. The molecule has 0 aromatic carbocycles. The van der Waals surface area contributed by atoms with Crippen LogP contribution in [0.2, 0.25) is 0 Å². The summed E-state index contributed by atoms with van der Waals surface area (Å²) in [6, 6.07) is 3.27. The Labute approximate surface area is 103 Å². The van der Waals surface area contributed by atoms with E-state index < -0.39 is 11.1 Å². The fourth-order valence-corrected chi connectivity index (χ4v) is 0.923. The third kappa shape index (κ3) is 3.02. The third-order valence-corrected chi connectivity index (χ3v) is 1.60. The molecule has 0 saturated heterocycles. The molecule has 0 saturated carbocycles. The predicted molar refractivity (Wildman–Crippen MR) is 28.2 cm³/mol. The molecule has 0 fully saturated rings. The zero-order valence-corrected chi connectivity index (χ0v) is 9.14. The van der Waals surface area contributed by atoms with Crippen LogP contribution in [-0.4, -0.2) is 0 Å². The van der Waals surface area contributed by atoms with Gasteiger partial charge in [0.05, 0.1) is 0 Å². The van der Waals surface area contributed by atoms with Crippen molar-refractivity contribution in [2.24, 2.45) is 0 Å². The molecule has 0 atom stereocenters. The summed E-state index contributed by atoms with van der Waals surface area (Å²) in [6.07, 6.45) is -4.19. The summed E-state index contributed by atoms with van der Waals surface area (Å²) in [5.41, 5.74) is 0. The normalized spacial score (nSPS) is 10.7. The van der Waals surface area contributed by atoms with Gasteiger partial charge in [0.15, 0.2) is 0 Å². The van der Waals surface area contributed by atoms with E-state index in [9.17, 15) is 13.2 Å². The Bertz CT molecular complexity index is 179. The number of hydrogen-bond acceptors (Lipinski definition) is 1. The Hall–Kier alpha value is 1.13. The van der Waals surface area contributed by atoms with Crippen molar-refractivity contribution in [2.45, 2.75) is 6.18 Å². The maximum absolute atomic E-state index is 11.6. The molecule has 0 aliphatic carbocycles. The van der Waals surface area contributed by atoms with E-state index in [0.29, 0.717) is 11.3 Å². The summed E-state index contributed by atoms with van der Waals surface area (Å²) >= 11 is 0.649. The minimum Gasteiger partial charge on any atom is -0.261 e. The van der Waals surface area contributed by atoms with Crippen molar-refractivity contribution in [3.05, 3.63) is 22.4 Å². The monoisotopic (exact) mass is 190 g/mol. The van der Waals surface area contributed by atoms with Crippen molar-refractivity contribution in [3.63, 3.8) is 0 Å². The van der Waals surface area contributed by atoms with E-state index in [1.807, 2.05) is 0 Å². The standard InChI is InChI=1S/C5H2F3S.K/c6-5(7,8)4-2-1-3-9-4;/h2-3H;/q-1;+1. The molecule has 0 aliphatic heterocycles. The van der Waals surface area contributed by atoms with Gasteiger partial charge in [0.2, 0.25) is 0 Å². The van der Waals surface area contributed by atoms with Crippen LogP contribution in [0.25, 0.3) is 0 Å².